The van der Waals surface area contributed by atoms with Crippen LogP contribution < -0.4 is 5.32 Å². The van der Waals surface area contributed by atoms with Crippen LogP contribution in [0.5, 0.6) is 0 Å². The van der Waals surface area contributed by atoms with Crippen LogP contribution in [0, 0.1) is 5.41 Å². The lowest BCUT2D eigenvalue weighted by atomic mass is 9.82. The lowest BCUT2D eigenvalue weighted by molar-refractivity contribution is -0.0340. The molecule has 2 heteroatoms. The molecule has 0 aliphatic heterocycles. The van der Waals surface area contributed by atoms with Gasteiger partial charge in [0.15, 0.2) is 0 Å². The third kappa shape index (κ3) is 4.43. The maximum absolute atomic E-state index is 5.97. The Labute approximate surface area is 112 Å². The zero-order chi connectivity index (χ0) is 13.6. The topological polar surface area (TPSA) is 21.3 Å². The molecular formula is C16H27NO. The lowest BCUT2D eigenvalue weighted by Crippen LogP contribution is -2.48. The molecule has 0 bridgehead atoms. The SMILES string of the molecule is CCOC(C(Cc1ccccc1)NC)C(C)(C)C. The minimum absolute atomic E-state index is 0.137. The normalized spacial score (nSPS) is 15.4. The van der Waals surface area contributed by atoms with Crippen molar-refractivity contribution in [2.75, 3.05) is 13.7 Å². The molecule has 1 aromatic rings. The molecule has 0 fully saturated rings. The van der Waals surface area contributed by atoms with E-state index < -0.39 is 0 Å². The Morgan fingerprint density at radius 3 is 2.22 bits per heavy atom. The molecule has 0 amide bonds. The van der Waals surface area contributed by atoms with Crippen LogP contribution in [0.25, 0.3) is 0 Å². The van der Waals surface area contributed by atoms with Crippen molar-refractivity contribution in [1.29, 1.82) is 0 Å². The zero-order valence-corrected chi connectivity index (χ0v) is 12.4. The van der Waals surface area contributed by atoms with Crippen LogP contribution >= 0.6 is 0 Å². The summed E-state index contributed by atoms with van der Waals surface area (Å²) in [6.45, 7) is 9.54. The number of ether oxygens (including phenoxy) is 1. The molecule has 0 aliphatic carbocycles. The molecule has 1 rings (SSSR count). The van der Waals surface area contributed by atoms with Gasteiger partial charge >= 0.3 is 0 Å². The van der Waals surface area contributed by atoms with E-state index in [-0.39, 0.29) is 11.5 Å². The average molecular weight is 249 g/mol. The molecule has 0 saturated carbocycles. The summed E-state index contributed by atoms with van der Waals surface area (Å²) in [5.74, 6) is 0. The molecule has 0 heterocycles. The van der Waals surface area contributed by atoms with E-state index in [2.05, 4.69) is 63.3 Å². The van der Waals surface area contributed by atoms with Gasteiger partial charge in [-0.3, -0.25) is 0 Å². The van der Waals surface area contributed by atoms with Gasteiger partial charge in [0, 0.05) is 12.6 Å². The fourth-order valence-corrected chi connectivity index (χ4v) is 2.38. The Morgan fingerprint density at radius 1 is 1.17 bits per heavy atom. The minimum Gasteiger partial charge on any atom is -0.376 e. The lowest BCUT2D eigenvalue weighted by Gasteiger charge is -2.36. The van der Waals surface area contributed by atoms with Crippen LogP contribution in [0.1, 0.15) is 33.3 Å². The molecule has 0 saturated heterocycles. The Kier molecular flexibility index (Phi) is 5.83. The highest BCUT2D eigenvalue weighted by Gasteiger charge is 2.32. The van der Waals surface area contributed by atoms with Gasteiger partial charge in [-0.25, -0.2) is 0 Å². The van der Waals surface area contributed by atoms with Crippen molar-refractivity contribution in [3.05, 3.63) is 35.9 Å². The molecule has 0 aliphatic rings. The first kappa shape index (κ1) is 15.2. The molecule has 0 radical (unpaired) electrons. The van der Waals surface area contributed by atoms with Crippen LogP contribution in [-0.4, -0.2) is 25.8 Å². The van der Waals surface area contributed by atoms with E-state index >= 15 is 0 Å². The largest absolute Gasteiger partial charge is 0.376 e. The van der Waals surface area contributed by atoms with Gasteiger partial charge < -0.3 is 10.1 Å². The predicted octanol–water partition coefficient (Wildman–Crippen LogP) is 3.27. The van der Waals surface area contributed by atoms with Crippen molar-refractivity contribution in [3.8, 4) is 0 Å². The first-order valence-electron chi connectivity index (χ1n) is 6.81. The quantitative estimate of drug-likeness (QED) is 0.835. The summed E-state index contributed by atoms with van der Waals surface area (Å²) >= 11 is 0. The van der Waals surface area contributed by atoms with E-state index in [9.17, 15) is 0 Å². The second kappa shape index (κ2) is 6.91. The fourth-order valence-electron chi connectivity index (χ4n) is 2.38. The molecule has 0 spiro atoms. The van der Waals surface area contributed by atoms with Crippen LogP contribution in [0.4, 0.5) is 0 Å². The van der Waals surface area contributed by atoms with Crippen LogP contribution in [0.2, 0.25) is 0 Å². The third-order valence-electron chi connectivity index (χ3n) is 3.23. The van der Waals surface area contributed by atoms with E-state index in [0.29, 0.717) is 6.04 Å². The number of nitrogens with one attached hydrogen (secondary N) is 1. The fraction of sp³-hybridized carbons (Fsp3) is 0.625. The first-order chi connectivity index (χ1) is 8.49. The van der Waals surface area contributed by atoms with Gasteiger partial charge in [0.2, 0.25) is 0 Å². The molecule has 102 valence electrons. The highest BCUT2D eigenvalue weighted by Crippen LogP contribution is 2.26. The number of likely N-dealkylation sites (N-methyl/N-ethyl adjacent to an activating group) is 1. The second-order valence-electron chi connectivity index (χ2n) is 5.83. The molecule has 2 nitrogen and oxygen atoms in total. The van der Waals surface area contributed by atoms with E-state index in [4.69, 9.17) is 4.74 Å². The number of benzene rings is 1. The monoisotopic (exact) mass is 249 g/mol. The summed E-state index contributed by atoms with van der Waals surface area (Å²) in [6, 6.07) is 10.9. The zero-order valence-electron chi connectivity index (χ0n) is 12.4. The molecule has 1 aromatic carbocycles. The summed E-state index contributed by atoms with van der Waals surface area (Å²) in [5.41, 5.74) is 1.49. The van der Waals surface area contributed by atoms with Crippen molar-refractivity contribution in [1.82, 2.24) is 5.32 Å². The number of hydrogen-bond donors (Lipinski definition) is 1. The predicted molar refractivity (Wildman–Crippen MR) is 77.9 cm³/mol. The maximum atomic E-state index is 5.97. The summed E-state index contributed by atoms with van der Waals surface area (Å²) in [5, 5.41) is 3.42. The van der Waals surface area contributed by atoms with Crippen molar-refractivity contribution >= 4 is 0 Å². The summed E-state index contributed by atoms with van der Waals surface area (Å²) < 4.78 is 5.97. The highest BCUT2D eigenvalue weighted by atomic mass is 16.5. The standard InChI is InChI=1S/C16H27NO/c1-6-18-15(16(2,3)4)14(17-5)12-13-10-8-7-9-11-13/h7-11,14-15,17H,6,12H2,1-5H3. The summed E-state index contributed by atoms with van der Waals surface area (Å²) in [6.07, 6.45) is 1.21. The third-order valence-corrected chi connectivity index (χ3v) is 3.23. The van der Waals surface area contributed by atoms with Crippen molar-refractivity contribution in [2.45, 2.75) is 46.3 Å². The smallest absolute Gasteiger partial charge is 0.0779 e. The van der Waals surface area contributed by atoms with Gasteiger partial charge in [-0.05, 0) is 31.4 Å². The summed E-state index contributed by atoms with van der Waals surface area (Å²) in [7, 11) is 2.02. The molecule has 1 N–H and O–H groups in total. The number of rotatable bonds is 6. The van der Waals surface area contributed by atoms with Gasteiger partial charge in [-0.15, -0.1) is 0 Å². The molecule has 0 aromatic heterocycles. The maximum Gasteiger partial charge on any atom is 0.0779 e. The van der Waals surface area contributed by atoms with Gasteiger partial charge in [0.1, 0.15) is 0 Å². The Morgan fingerprint density at radius 2 is 1.78 bits per heavy atom. The van der Waals surface area contributed by atoms with E-state index in [0.717, 1.165) is 13.0 Å². The molecular weight excluding hydrogens is 222 g/mol. The highest BCUT2D eigenvalue weighted by molar-refractivity contribution is 5.16. The molecule has 18 heavy (non-hydrogen) atoms. The van der Waals surface area contributed by atoms with E-state index in [1.165, 1.54) is 5.56 Å². The first-order valence-corrected chi connectivity index (χ1v) is 6.81. The van der Waals surface area contributed by atoms with Gasteiger partial charge in [-0.1, -0.05) is 51.1 Å². The molecule has 2 atom stereocenters. The van der Waals surface area contributed by atoms with Gasteiger partial charge in [0.25, 0.3) is 0 Å². The van der Waals surface area contributed by atoms with E-state index in [1.54, 1.807) is 0 Å². The second-order valence-corrected chi connectivity index (χ2v) is 5.83. The van der Waals surface area contributed by atoms with Crippen LogP contribution in [0.15, 0.2) is 30.3 Å². The average Bonchev–Trinajstić information content (AvgIpc) is 2.33. The molecule has 2 unspecified atom stereocenters. The van der Waals surface area contributed by atoms with Crippen LogP contribution in [-0.2, 0) is 11.2 Å². The number of hydrogen-bond acceptors (Lipinski definition) is 2. The van der Waals surface area contributed by atoms with Gasteiger partial charge in [-0.2, -0.15) is 0 Å². The minimum atomic E-state index is 0.137. The van der Waals surface area contributed by atoms with Crippen molar-refractivity contribution < 1.29 is 4.74 Å². The van der Waals surface area contributed by atoms with Crippen LogP contribution in [0.3, 0.4) is 0 Å². The van der Waals surface area contributed by atoms with E-state index in [1.807, 2.05) is 7.05 Å². The van der Waals surface area contributed by atoms with Crippen molar-refractivity contribution in [3.63, 3.8) is 0 Å². The van der Waals surface area contributed by atoms with Crippen molar-refractivity contribution in [2.24, 2.45) is 5.41 Å². The Balaban J connectivity index is 2.79. The Hall–Kier alpha value is -0.860. The summed E-state index contributed by atoms with van der Waals surface area (Å²) in [4.78, 5) is 0. The Bertz CT molecular complexity index is 329. The van der Waals surface area contributed by atoms with Gasteiger partial charge in [0.05, 0.1) is 6.10 Å².